The van der Waals surface area contributed by atoms with Crippen molar-refractivity contribution in [1.29, 1.82) is 0 Å². The van der Waals surface area contributed by atoms with E-state index in [1.807, 2.05) is 31.2 Å². The van der Waals surface area contributed by atoms with Gasteiger partial charge in [-0.15, -0.1) is 0 Å². The van der Waals surface area contributed by atoms with Gasteiger partial charge >= 0.3 is 0 Å². The summed E-state index contributed by atoms with van der Waals surface area (Å²) in [6, 6.07) is 18.5. The van der Waals surface area contributed by atoms with E-state index in [4.69, 9.17) is 5.73 Å². The lowest BCUT2D eigenvalue weighted by molar-refractivity contribution is -0.126. The molecule has 3 N–H and O–H groups in total. The second-order valence-corrected chi connectivity index (χ2v) is 7.63. The predicted octanol–water partition coefficient (Wildman–Crippen LogP) is 3.27. The van der Waals surface area contributed by atoms with E-state index >= 15 is 0 Å². The van der Waals surface area contributed by atoms with Gasteiger partial charge in [-0.2, -0.15) is 0 Å². The van der Waals surface area contributed by atoms with Crippen LogP contribution in [0.5, 0.6) is 0 Å². The Balaban J connectivity index is 1.38. The Morgan fingerprint density at radius 3 is 2.41 bits per heavy atom. The smallest absolute Gasteiger partial charge is 0.237 e. The van der Waals surface area contributed by atoms with Gasteiger partial charge in [-0.05, 0) is 74.9 Å². The minimum absolute atomic E-state index is 0.0610. The Kier molecular flexibility index (Phi) is 6.88. The summed E-state index contributed by atoms with van der Waals surface area (Å²) in [5.41, 5.74) is 9.09. The van der Waals surface area contributed by atoms with Gasteiger partial charge in [-0.25, -0.2) is 0 Å². The number of nitrogens with one attached hydrogen (secondary N) is 1. The largest absolute Gasteiger partial charge is 0.399 e. The highest BCUT2D eigenvalue weighted by molar-refractivity contribution is 5.81. The first-order valence-electron chi connectivity index (χ1n) is 10.0. The number of benzene rings is 2. The van der Waals surface area contributed by atoms with Gasteiger partial charge in [0.25, 0.3) is 0 Å². The number of piperidine rings is 1. The Labute approximate surface area is 162 Å². The summed E-state index contributed by atoms with van der Waals surface area (Å²) in [4.78, 5) is 14.8. The van der Waals surface area contributed by atoms with E-state index in [2.05, 4.69) is 40.5 Å². The van der Waals surface area contributed by atoms with Gasteiger partial charge < -0.3 is 11.1 Å². The topological polar surface area (TPSA) is 58.4 Å². The Hall–Kier alpha value is -2.33. The quantitative estimate of drug-likeness (QED) is 0.741. The number of carbonyl (C=O) groups is 1. The van der Waals surface area contributed by atoms with E-state index in [0.29, 0.717) is 6.54 Å². The maximum absolute atomic E-state index is 12.5. The van der Waals surface area contributed by atoms with Crippen molar-refractivity contribution in [3.63, 3.8) is 0 Å². The van der Waals surface area contributed by atoms with Crippen LogP contribution >= 0.6 is 0 Å². The molecule has 144 valence electrons. The molecule has 1 saturated heterocycles. The zero-order valence-corrected chi connectivity index (χ0v) is 16.2. The third kappa shape index (κ3) is 5.83. The van der Waals surface area contributed by atoms with Crippen LogP contribution in [0, 0.1) is 5.92 Å². The first-order valence-corrected chi connectivity index (χ1v) is 10.0. The van der Waals surface area contributed by atoms with Crippen LogP contribution < -0.4 is 11.1 Å². The maximum Gasteiger partial charge on any atom is 0.237 e. The van der Waals surface area contributed by atoms with Gasteiger partial charge in [0.15, 0.2) is 0 Å². The first kappa shape index (κ1) is 19.4. The van der Waals surface area contributed by atoms with Crippen LogP contribution in [-0.2, 0) is 17.6 Å². The van der Waals surface area contributed by atoms with Crippen LogP contribution in [0.2, 0.25) is 0 Å². The van der Waals surface area contributed by atoms with E-state index < -0.39 is 0 Å². The number of hydrogen-bond donors (Lipinski definition) is 2. The molecule has 2 aromatic rings. The van der Waals surface area contributed by atoms with Gasteiger partial charge in [0, 0.05) is 12.2 Å². The molecular weight excluding hydrogens is 334 g/mol. The van der Waals surface area contributed by atoms with Crippen LogP contribution in [0.3, 0.4) is 0 Å². The molecule has 2 aromatic carbocycles. The van der Waals surface area contributed by atoms with Crippen molar-refractivity contribution in [2.45, 2.75) is 38.6 Å². The average Bonchev–Trinajstić information content (AvgIpc) is 2.70. The van der Waals surface area contributed by atoms with Gasteiger partial charge in [0.2, 0.25) is 5.91 Å². The molecule has 0 saturated carbocycles. The summed E-state index contributed by atoms with van der Waals surface area (Å²) in [6.45, 7) is 4.70. The first-order chi connectivity index (χ1) is 13.1. The molecule has 0 spiro atoms. The van der Waals surface area contributed by atoms with Crippen molar-refractivity contribution in [3.05, 3.63) is 65.7 Å². The summed E-state index contributed by atoms with van der Waals surface area (Å²) < 4.78 is 0. The van der Waals surface area contributed by atoms with Crippen LogP contribution in [0.1, 0.15) is 30.9 Å². The zero-order chi connectivity index (χ0) is 19.1. The van der Waals surface area contributed by atoms with E-state index in [0.717, 1.165) is 50.4 Å². The summed E-state index contributed by atoms with van der Waals surface area (Å²) in [5, 5.41) is 3.08. The van der Waals surface area contributed by atoms with Crippen LogP contribution in [0.4, 0.5) is 5.69 Å². The monoisotopic (exact) mass is 365 g/mol. The number of likely N-dealkylation sites (tertiary alicyclic amines) is 1. The Morgan fingerprint density at radius 1 is 1.07 bits per heavy atom. The molecule has 27 heavy (non-hydrogen) atoms. The molecule has 0 bridgehead atoms. The lowest BCUT2D eigenvalue weighted by Crippen LogP contribution is -2.48. The molecule has 1 unspecified atom stereocenters. The van der Waals surface area contributed by atoms with Crippen LogP contribution in [0.15, 0.2) is 54.6 Å². The van der Waals surface area contributed by atoms with E-state index in [1.165, 1.54) is 11.1 Å². The minimum Gasteiger partial charge on any atom is -0.399 e. The normalized spacial score (nSPS) is 16.8. The standard InChI is InChI=1S/C23H31N3O/c1-18(23(27)25-14-11-19-7-9-22(24)10-8-19)26-15-12-21(13-16-26)17-20-5-3-2-4-6-20/h2-10,18,21H,11-17,24H2,1H3,(H,25,27). The van der Waals surface area contributed by atoms with Crippen molar-refractivity contribution >= 4 is 11.6 Å². The molecule has 1 heterocycles. The molecule has 1 amide bonds. The van der Waals surface area contributed by atoms with Crippen molar-refractivity contribution in [2.75, 3.05) is 25.4 Å². The molecule has 1 fully saturated rings. The summed E-state index contributed by atoms with van der Waals surface area (Å²) in [7, 11) is 0. The number of hydrogen-bond acceptors (Lipinski definition) is 3. The molecular formula is C23H31N3O. The van der Waals surface area contributed by atoms with E-state index in [-0.39, 0.29) is 11.9 Å². The molecule has 0 aromatic heterocycles. The lowest BCUT2D eigenvalue weighted by Gasteiger charge is -2.35. The van der Waals surface area contributed by atoms with Gasteiger partial charge in [-0.1, -0.05) is 42.5 Å². The van der Waals surface area contributed by atoms with Gasteiger partial charge in [0.05, 0.1) is 6.04 Å². The minimum atomic E-state index is -0.0610. The Morgan fingerprint density at radius 2 is 1.74 bits per heavy atom. The van der Waals surface area contributed by atoms with Crippen molar-refractivity contribution in [2.24, 2.45) is 5.92 Å². The zero-order valence-electron chi connectivity index (χ0n) is 16.2. The van der Waals surface area contributed by atoms with E-state index in [1.54, 1.807) is 0 Å². The van der Waals surface area contributed by atoms with Crippen molar-refractivity contribution in [3.8, 4) is 0 Å². The fraction of sp³-hybridized carbons (Fsp3) is 0.435. The maximum atomic E-state index is 12.5. The number of nitrogens with zero attached hydrogens (tertiary/aromatic N) is 1. The number of amides is 1. The fourth-order valence-electron chi connectivity index (χ4n) is 3.82. The average molecular weight is 366 g/mol. The molecule has 1 atom stereocenters. The highest BCUT2D eigenvalue weighted by atomic mass is 16.2. The van der Waals surface area contributed by atoms with Crippen molar-refractivity contribution < 1.29 is 4.79 Å². The molecule has 0 radical (unpaired) electrons. The molecule has 4 nitrogen and oxygen atoms in total. The number of nitrogen functional groups attached to an aromatic ring is 1. The van der Waals surface area contributed by atoms with Crippen LogP contribution in [-0.4, -0.2) is 36.5 Å². The number of anilines is 1. The fourth-order valence-corrected chi connectivity index (χ4v) is 3.82. The van der Waals surface area contributed by atoms with Crippen LogP contribution in [0.25, 0.3) is 0 Å². The highest BCUT2D eigenvalue weighted by Gasteiger charge is 2.26. The number of rotatable bonds is 7. The highest BCUT2D eigenvalue weighted by Crippen LogP contribution is 2.22. The summed E-state index contributed by atoms with van der Waals surface area (Å²) in [5.74, 6) is 0.858. The molecule has 1 aliphatic heterocycles. The molecule has 3 rings (SSSR count). The number of nitrogens with two attached hydrogens (primary N) is 1. The van der Waals surface area contributed by atoms with Crippen molar-refractivity contribution in [1.82, 2.24) is 10.2 Å². The summed E-state index contributed by atoms with van der Waals surface area (Å²) >= 11 is 0. The van der Waals surface area contributed by atoms with Gasteiger partial charge in [0.1, 0.15) is 0 Å². The lowest BCUT2D eigenvalue weighted by atomic mass is 9.89. The predicted molar refractivity (Wildman–Crippen MR) is 111 cm³/mol. The summed E-state index contributed by atoms with van der Waals surface area (Å²) in [6.07, 6.45) is 4.31. The molecule has 0 aliphatic carbocycles. The number of carbonyl (C=O) groups excluding carboxylic acids is 1. The SMILES string of the molecule is CC(C(=O)NCCc1ccc(N)cc1)N1CCC(Cc2ccccc2)CC1. The Bertz CT molecular complexity index is 706. The second-order valence-electron chi connectivity index (χ2n) is 7.63. The third-order valence-corrected chi connectivity index (χ3v) is 5.64. The van der Waals surface area contributed by atoms with E-state index in [9.17, 15) is 4.79 Å². The third-order valence-electron chi connectivity index (χ3n) is 5.64. The molecule has 1 aliphatic rings. The van der Waals surface area contributed by atoms with Gasteiger partial charge in [-0.3, -0.25) is 9.69 Å². The second kappa shape index (κ2) is 9.56. The molecule has 4 heteroatoms.